The molecule has 0 aliphatic rings. The molecule has 0 bridgehead atoms. The summed E-state index contributed by atoms with van der Waals surface area (Å²) in [5.41, 5.74) is 2.17. The molecule has 0 amide bonds. The first-order valence-electron chi connectivity index (χ1n) is 8.25. The fraction of sp³-hybridized carbons (Fsp3) is 0.250. The maximum atomic E-state index is 5.46. The number of aromatic nitrogens is 1. The van der Waals surface area contributed by atoms with Crippen molar-refractivity contribution in [2.24, 2.45) is 0 Å². The Morgan fingerprint density at radius 1 is 0.962 bits per heavy atom. The average molecular weight is 370 g/mol. The minimum Gasteiger partial charge on any atom is -0.497 e. The number of methoxy groups -OCH3 is 3. The summed E-state index contributed by atoms with van der Waals surface area (Å²) in [7, 11) is 4.97. The zero-order valence-corrected chi connectivity index (χ0v) is 15.9. The number of thiazole rings is 1. The molecule has 1 N–H and O–H groups in total. The van der Waals surface area contributed by atoms with Crippen LogP contribution in [0.2, 0.25) is 0 Å². The summed E-state index contributed by atoms with van der Waals surface area (Å²) in [6.07, 6.45) is 1.91. The van der Waals surface area contributed by atoms with E-state index in [0.717, 1.165) is 38.3 Å². The molecule has 0 spiro atoms. The Labute approximate surface area is 157 Å². The average Bonchev–Trinajstić information content (AvgIpc) is 3.16. The van der Waals surface area contributed by atoms with Crippen molar-refractivity contribution in [3.8, 4) is 27.7 Å². The van der Waals surface area contributed by atoms with Gasteiger partial charge in [0.15, 0.2) is 11.5 Å². The molecule has 6 heteroatoms. The van der Waals surface area contributed by atoms with E-state index >= 15 is 0 Å². The third-order valence-corrected chi connectivity index (χ3v) is 5.03. The molecular weight excluding hydrogens is 348 g/mol. The summed E-state index contributed by atoms with van der Waals surface area (Å²) in [5, 5.41) is 4.45. The molecule has 0 saturated carbocycles. The lowest BCUT2D eigenvalue weighted by atomic mass is 10.2. The van der Waals surface area contributed by atoms with E-state index in [-0.39, 0.29) is 0 Å². The number of para-hydroxylation sites is 1. The largest absolute Gasteiger partial charge is 0.497 e. The van der Waals surface area contributed by atoms with Crippen molar-refractivity contribution < 1.29 is 14.2 Å². The first-order chi connectivity index (χ1) is 12.7. The number of nitrogens with one attached hydrogen (secondary N) is 1. The van der Waals surface area contributed by atoms with Crippen molar-refractivity contribution in [3.63, 3.8) is 0 Å². The van der Waals surface area contributed by atoms with E-state index in [2.05, 4.69) is 16.4 Å². The van der Waals surface area contributed by atoms with E-state index in [9.17, 15) is 0 Å². The Bertz CT molecular complexity index is 864. The van der Waals surface area contributed by atoms with Gasteiger partial charge in [0.25, 0.3) is 0 Å². The third kappa shape index (κ3) is 4.15. The first kappa shape index (κ1) is 18.2. The number of benzene rings is 2. The number of hydrogen-bond donors (Lipinski definition) is 1. The van der Waals surface area contributed by atoms with Gasteiger partial charge >= 0.3 is 0 Å². The van der Waals surface area contributed by atoms with Gasteiger partial charge in [0, 0.05) is 24.8 Å². The van der Waals surface area contributed by atoms with Crippen LogP contribution in [0, 0.1) is 0 Å². The van der Waals surface area contributed by atoms with Crippen LogP contribution in [0.3, 0.4) is 0 Å². The van der Waals surface area contributed by atoms with Gasteiger partial charge in [-0.25, -0.2) is 4.98 Å². The molecule has 0 fully saturated rings. The first-order valence-corrected chi connectivity index (χ1v) is 9.06. The fourth-order valence-electron chi connectivity index (χ4n) is 2.70. The summed E-state index contributed by atoms with van der Waals surface area (Å²) in [4.78, 5) is 5.64. The van der Waals surface area contributed by atoms with Gasteiger partial charge in [-0.1, -0.05) is 24.3 Å². The van der Waals surface area contributed by atoms with E-state index in [4.69, 9.17) is 14.2 Å². The second-order valence-electron chi connectivity index (χ2n) is 5.61. The van der Waals surface area contributed by atoms with Crippen LogP contribution in [0.15, 0.2) is 48.7 Å². The van der Waals surface area contributed by atoms with Gasteiger partial charge in [-0.05, 0) is 23.8 Å². The molecule has 0 saturated heterocycles. The molecule has 0 radical (unpaired) electrons. The van der Waals surface area contributed by atoms with Crippen LogP contribution in [0.5, 0.6) is 17.2 Å². The highest BCUT2D eigenvalue weighted by molar-refractivity contribution is 7.15. The number of rotatable bonds is 8. The Balaban J connectivity index is 1.64. The minimum atomic E-state index is 0.675. The van der Waals surface area contributed by atoms with Crippen LogP contribution in [-0.4, -0.2) is 26.3 Å². The molecule has 1 aromatic heterocycles. The van der Waals surface area contributed by atoms with E-state index < -0.39 is 0 Å². The van der Waals surface area contributed by atoms with Crippen molar-refractivity contribution in [2.45, 2.75) is 13.1 Å². The van der Waals surface area contributed by atoms with Gasteiger partial charge in [0.2, 0.25) is 0 Å². The number of hydrogen-bond acceptors (Lipinski definition) is 6. The molecule has 136 valence electrons. The second kappa shape index (κ2) is 8.69. The lowest BCUT2D eigenvalue weighted by Crippen LogP contribution is -2.13. The smallest absolute Gasteiger partial charge is 0.165 e. The SMILES string of the molecule is COc1cccc(-c2cnc(CNCc3cccc(OC)c3OC)s2)c1. The van der Waals surface area contributed by atoms with Crippen molar-refractivity contribution in [1.29, 1.82) is 0 Å². The van der Waals surface area contributed by atoms with Crippen molar-refractivity contribution in [1.82, 2.24) is 10.3 Å². The summed E-state index contributed by atoms with van der Waals surface area (Å²) in [5.74, 6) is 2.35. The van der Waals surface area contributed by atoms with Crippen LogP contribution in [0.25, 0.3) is 10.4 Å². The highest BCUT2D eigenvalue weighted by Gasteiger charge is 2.10. The van der Waals surface area contributed by atoms with Crippen molar-refractivity contribution in [3.05, 3.63) is 59.2 Å². The Morgan fingerprint density at radius 3 is 2.58 bits per heavy atom. The molecule has 0 unspecified atom stereocenters. The molecule has 3 aromatic rings. The highest BCUT2D eigenvalue weighted by atomic mass is 32.1. The monoisotopic (exact) mass is 370 g/mol. The summed E-state index contributed by atoms with van der Waals surface area (Å²) in [6, 6.07) is 13.9. The summed E-state index contributed by atoms with van der Waals surface area (Å²) in [6.45, 7) is 1.36. The number of ether oxygens (including phenoxy) is 3. The standard InChI is InChI=1S/C20H22N2O3S/c1-23-16-8-4-6-14(10-16)18-12-22-19(26-18)13-21-11-15-7-5-9-17(24-2)20(15)25-3/h4-10,12,21H,11,13H2,1-3H3. The molecule has 0 aliphatic carbocycles. The summed E-state index contributed by atoms with van der Waals surface area (Å²) < 4.78 is 16.1. The lowest BCUT2D eigenvalue weighted by molar-refractivity contribution is 0.350. The Morgan fingerprint density at radius 2 is 1.81 bits per heavy atom. The molecule has 3 rings (SSSR count). The van der Waals surface area contributed by atoms with E-state index in [1.165, 1.54) is 0 Å². The van der Waals surface area contributed by atoms with Crippen LogP contribution in [-0.2, 0) is 13.1 Å². The quantitative estimate of drug-likeness (QED) is 0.646. The van der Waals surface area contributed by atoms with E-state index in [1.807, 2.05) is 42.6 Å². The van der Waals surface area contributed by atoms with Crippen LogP contribution < -0.4 is 19.5 Å². The predicted octanol–water partition coefficient (Wildman–Crippen LogP) is 4.13. The second-order valence-corrected chi connectivity index (χ2v) is 6.72. The molecule has 26 heavy (non-hydrogen) atoms. The van der Waals surface area contributed by atoms with Crippen LogP contribution in [0.1, 0.15) is 10.6 Å². The van der Waals surface area contributed by atoms with Gasteiger partial charge in [-0.15, -0.1) is 11.3 Å². The van der Waals surface area contributed by atoms with E-state index in [1.54, 1.807) is 32.7 Å². The topological polar surface area (TPSA) is 52.6 Å². The fourth-order valence-corrected chi connectivity index (χ4v) is 3.58. The Hall–Kier alpha value is -2.57. The molecule has 0 atom stereocenters. The lowest BCUT2D eigenvalue weighted by Gasteiger charge is -2.12. The van der Waals surface area contributed by atoms with Gasteiger partial charge in [0.1, 0.15) is 10.8 Å². The normalized spacial score (nSPS) is 10.6. The van der Waals surface area contributed by atoms with Gasteiger partial charge < -0.3 is 19.5 Å². The molecule has 0 aliphatic heterocycles. The minimum absolute atomic E-state index is 0.675. The van der Waals surface area contributed by atoms with Gasteiger partial charge in [-0.3, -0.25) is 0 Å². The maximum absolute atomic E-state index is 5.46. The van der Waals surface area contributed by atoms with Crippen LogP contribution in [0.4, 0.5) is 0 Å². The van der Waals surface area contributed by atoms with Crippen molar-refractivity contribution >= 4 is 11.3 Å². The molecule has 1 heterocycles. The van der Waals surface area contributed by atoms with Crippen molar-refractivity contribution in [2.75, 3.05) is 21.3 Å². The molecule has 2 aromatic carbocycles. The Kier molecular flexibility index (Phi) is 6.09. The predicted molar refractivity (Wildman–Crippen MR) is 104 cm³/mol. The highest BCUT2D eigenvalue weighted by Crippen LogP contribution is 2.31. The van der Waals surface area contributed by atoms with Gasteiger partial charge in [-0.2, -0.15) is 0 Å². The van der Waals surface area contributed by atoms with E-state index in [0.29, 0.717) is 13.1 Å². The zero-order valence-electron chi connectivity index (χ0n) is 15.1. The molecule has 5 nitrogen and oxygen atoms in total. The summed E-state index contributed by atoms with van der Waals surface area (Å²) >= 11 is 1.67. The molecular formula is C20H22N2O3S. The maximum Gasteiger partial charge on any atom is 0.165 e. The zero-order chi connectivity index (χ0) is 18.4. The van der Waals surface area contributed by atoms with Gasteiger partial charge in [0.05, 0.1) is 26.2 Å². The number of nitrogens with zero attached hydrogens (tertiary/aromatic N) is 1. The third-order valence-electron chi connectivity index (χ3n) is 3.98. The van der Waals surface area contributed by atoms with Crippen LogP contribution >= 0.6 is 11.3 Å².